The van der Waals surface area contributed by atoms with Crippen LogP contribution in [-0.4, -0.2) is 70.6 Å². The molecule has 2 heterocycles. The van der Waals surface area contributed by atoms with Crippen LogP contribution in [0.25, 0.3) is 0 Å². The van der Waals surface area contributed by atoms with Gasteiger partial charge in [0.15, 0.2) is 0 Å². The second-order valence-corrected chi connectivity index (χ2v) is 18.4. The van der Waals surface area contributed by atoms with E-state index >= 15 is 0 Å². The molecule has 6 nitrogen and oxygen atoms in total. The zero-order chi connectivity index (χ0) is 36.3. The summed E-state index contributed by atoms with van der Waals surface area (Å²) in [4.78, 5) is 0. The Balaban J connectivity index is 1.19. The molecule has 5 rings (SSSR count). The van der Waals surface area contributed by atoms with Crippen LogP contribution in [0, 0.1) is 0 Å². The highest BCUT2D eigenvalue weighted by Gasteiger charge is 2.46. The Kier molecular flexibility index (Phi) is 18.1. The fourth-order valence-electron chi connectivity index (χ4n) is 8.43. The summed E-state index contributed by atoms with van der Waals surface area (Å²) in [5, 5.41) is 4.26. The van der Waals surface area contributed by atoms with Crippen molar-refractivity contribution in [3.05, 3.63) is 91.0 Å². The second-order valence-electron chi connectivity index (χ2n) is 14.7. The molecule has 0 saturated carbocycles. The molecule has 0 bridgehead atoms. The van der Waals surface area contributed by atoms with Crippen LogP contribution in [0.3, 0.4) is 0 Å². The first-order valence-electron chi connectivity index (χ1n) is 20.3. The Hall–Kier alpha value is -2.15. The van der Waals surface area contributed by atoms with Crippen molar-refractivity contribution in [2.45, 2.75) is 140 Å². The summed E-state index contributed by atoms with van der Waals surface area (Å²) < 4.78 is 36.9. The number of rotatable bonds is 25. The lowest BCUT2D eigenvalue weighted by Gasteiger charge is -2.30. The minimum atomic E-state index is -1.91. The molecule has 3 aromatic rings. The highest BCUT2D eigenvalue weighted by molar-refractivity contribution is 7.95. The van der Waals surface area contributed by atoms with Crippen molar-refractivity contribution in [2.24, 2.45) is 0 Å². The normalized spacial score (nSPS) is 21.8. The van der Waals surface area contributed by atoms with E-state index in [1.165, 1.54) is 67.3 Å². The van der Waals surface area contributed by atoms with Crippen molar-refractivity contribution < 1.29 is 28.4 Å². The molecular weight excluding hydrogens is 667 g/mol. The highest BCUT2D eigenvalue weighted by Crippen LogP contribution is 2.56. The molecule has 7 heteroatoms. The van der Waals surface area contributed by atoms with E-state index in [1.807, 2.05) is 0 Å². The zero-order valence-corrected chi connectivity index (χ0v) is 33.1. The van der Waals surface area contributed by atoms with Gasteiger partial charge in [0, 0.05) is 14.2 Å². The van der Waals surface area contributed by atoms with Gasteiger partial charge in [-0.25, -0.2) is 0 Å². The minimum absolute atomic E-state index is 0.0265. The van der Waals surface area contributed by atoms with E-state index in [-0.39, 0.29) is 43.4 Å². The summed E-state index contributed by atoms with van der Waals surface area (Å²) in [6, 6.07) is 33.4. The third-order valence-corrected chi connectivity index (χ3v) is 15.7. The molecule has 3 aromatic carbocycles. The lowest BCUT2D eigenvalue weighted by molar-refractivity contribution is -0.157. The molecule has 52 heavy (non-hydrogen) atoms. The molecule has 0 aliphatic carbocycles. The Morgan fingerprint density at radius 3 is 1.37 bits per heavy atom. The van der Waals surface area contributed by atoms with Crippen LogP contribution in [0.4, 0.5) is 0 Å². The van der Waals surface area contributed by atoms with Gasteiger partial charge in [-0.1, -0.05) is 113 Å². The number of methoxy groups -OCH3 is 2. The first kappa shape index (κ1) is 41.0. The van der Waals surface area contributed by atoms with Gasteiger partial charge in [0.05, 0.1) is 42.8 Å². The minimum Gasteiger partial charge on any atom is -0.370 e. The first-order chi connectivity index (χ1) is 25.7. The van der Waals surface area contributed by atoms with Gasteiger partial charge in [0.25, 0.3) is 0 Å². The number of hydrogen-bond donors (Lipinski definition) is 0. The Bertz CT molecular complexity index is 1250. The molecule has 2 aliphatic rings. The van der Waals surface area contributed by atoms with Gasteiger partial charge in [-0.15, -0.1) is 0 Å². The summed E-state index contributed by atoms with van der Waals surface area (Å²) in [5.74, 6) is 0. The van der Waals surface area contributed by atoms with E-state index in [4.69, 9.17) is 28.4 Å². The fraction of sp³-hybridized carbons (Fsp3) is 0.600. The van der Waals surface area contributed by atoms with Crippen molar-refractivity contribution >= 4 is 23.2 Å². The maximum absolute atomic E-state index is 6.84. The first-order valence-corrected chi connectivity index (χ1v) is 22.2. The smallest absolute Gasteiger partial charge is 0.146 e. The van der Waals surface area contributed by atoms with Gasteiger partial charge in [-0.2, -0.15) is 0 Å². The quantitative estimate of drug-likeness (QED) is 0.0492. The van der Waals surface area contributed by atoms with Gasteiger partial charge in [-0.3, -0.25) is 0 Å². The van der Waals surface area contributed by atoms with E-state index < -0.39 is 7.26 Å². The zero-order valence-electron chi connectivity index (χ0n) is 32.2. The van der Waals surface area contributed by atoms with Gasteiger partial charge in [-0.05, 0) is 81.3 Å². The van der Waals surface area contributed by atoms with Crippen LogP contribution in [0.5, 0.6) is 0 Å². The molecule has 0 aromatic heterocycles. The van der Waals surface area contributed by atoms with Crippen LogP contribution >= 0.6 is 7.26 Å². The number of unbranched alkanes of at least 4 members (excludes halogenated alkanes) is 7. The van der Waals surface area contributed by atoms with Crippen molar-refractivity contribution in [3.63, 3.8) is 0 Å². The second kappa shape index (κ2) is 22.9. The predicted octanol–water partition coefficient (Wildman–Crippen LogP) is 9.36. The lowest BCUT2D eigenvalue weighted by atomic mass is 10.0. The van der Waals surface area contributed by atoms with Crippen LogP contribution in [0.1, 0.15) is 103 Å². The summed E-state index contributed by atoms with van der Waals surface area (Å²) in [5.41, 5.74) is 0. The largest absolute Gasteiger partial charge is 0.370 e. The molecule has 0 N–H and O–H groups in total. The predicted molar refractivity (Wildman–Crippen MR) is 216 cm³/mol. The van der Waals surface area contributed by atoms with Gasteiger partial charge >= 0.3 is 0 Å². The van der Waals surface area contributed by atoms with Crippen LogP contribution < -0.4 is 15.9 Å². The molecule has 6 atom stereocenters. The summed E-state index contributed by atoms with van der Waals surface area (Å²) >= 11 is 0. The van der Waals surface area contributed by atoms with Gasteiger partial charge in [0.2, 0.25) is 0 Å². The molecular formula is C45H66O6P+. The maximum atomic E-state index is 6.84. The maximum Gasteiger partial charge on any atom is 0.146 e. The van der Waals surface area contributed by atoms with E-state index in [0.29, 0.717) is 6.79 Å². The number of hydrogen-bond acceptors (Lipinski definition) is 6. The van der Waals surface area contributed by atoms with Crippen molar-refractivity contribution in [2.75, 3.05) is 34.0 Å². The Morgan fingerprint density at radius 2 is 0.942 bits per heavy atom. The lowest BCUT2D eigenvalue weighted by Crippen LogP contribution is -2.36. The third kappa shape index (κ3) is 11.7. The van der Waals surface area contributed by atoms with E-state index in [2.05, 4.69) is 97.9 Å². The van der Waals surface area contributed by atoms with Crippen molar-refractivity contribution in [1.82, 2.24) is 0 Å². The average Bonchev–Trinajstić information content (AvgIpc) is 3.89. The number of benzene rings is 3. The fourth-order valence-corrected chi connectivity index (χ4v) is 12.8. The Labute approximate surface area is 315 Å². The van der Waals surface area contributed by atoms with E-state index in [9.17, 15) is 0 Å². The standard InChI is InChI=1S/C45H66O6P/c1-4-5-6-7-8-9-10-20-28-40(48-35-46-2)42-30-32-44(50-42)45-33-31-43(51-45)41(49-36-47-3)29-21-34-52(37-22-14-11-15-23-37,38-24-16-12-17-25-38)39-26-18-13-19-27-39/h11-19,22-27,40-45H,4-10,20-21,28-36H2,1-3H3/q+1/t40-,41-,42-,43-,44+,45-/m1/s1. The SMILES string of the molecule is CCCCCCCCCC[C@@H](OCOC)[C@H]1CC[C@@H]([C@H]2CC[C@H]([C@@H](CCC[P+](c3ccccc3)(c3ccccc3)c3ccccc3)OCOC)O2)O1. The van der Waals surface area contributed by atoms with Crippen LogP contribution in [0.15, 0.2) is 91.0 Å². The molecule has 286 valence electrons. The van der Waals surface area contributed by atoms with Gasteiger partial charge in [0.1, 0.15) is 36.8 Å². The van der Waals surface area contributed by atoms with E-state index in [0.717, 1.165) is 51.1 Å². The van der Waals surface area contributed by atoms with Crippen molar-refractivity contribution in [1.29, 1.82) is 0 Å². The summed E-state index contributed by atoms with van der Waals surface area (Å²) in [6.45, 7) is 2.86. The van der Waals surface area contributed by atoms with Crippen LogP contribution in [-0.2, 0) is 28.4 Å². The molecule has 2 saturated heterocycles. The summed E-state index contributed by atoms with van der Waals surface area (Å²) in [6.07, 6.45) is 18.8. The molecule has 2 aliphatic heterocycles. The molecule has 0 spiro atoms. The molecule has 0 amide bonds. The summed E-state index contributed by atoms with van der Waals surface area (Å²) in [7, 11) is 1.50. The van der Waals surface area contributed by atoms with Crippen molar-refractivity contribution in [3.8, 4) is 0 Å². The molecule has 0 radical (unpaired) electrons. The topological polar surface area (TPSA) is 55.4 Å². The Morgan fingerprint density at radius 1 is 0.538 bits per heavy atom. The molecule has 0 unspecified atom stereocenters. The molecule has 2 fully saturated rings. The monoisotopic (exact) mass is 733 g/mol. The van der Waals surface area contributed by atoms with E-state index in [1.54, 1.807) is 14.2 Å². The average molecular weight is 734 g/mol. The van der Waals surface area contributed by atoms with Gasteiger partial charge < -0.3 is 28.4 Å². The van der Waals surface area contributed by atoms with Crippen LogP contribution in [0.2, 0.25) is 0 Å². The number of ether oxygens (including phenoxy) is 6. The highest BCUT2D eigenvalue weighted by atomic mass is 31.2. The third-order valence-electron chi connectivity index (χ3n) is 11.1.